The molecule has 1 aromatic carbocycles. The number of halogens is 2. The molecule has 0 bridgehead atoms. The van der Waals surface area contributed by atoms with Crippen LogP contribution in [0.2, 0.25) is 0 Å². The first-order valence-electron chi connectivity index (χ1n) is 5.41. The number of hydrogen-bond acceptors (Lipinski definition) is 4. The second kappa shape index (κ2) is 4.85. The summed E-state index contributed by atoms with van der Waals surface area (Å²) in [4.78, 5) is 5.00. The van der Waals surface area contributed by atoms with Crippen LogP contribution in [0.5, 0.6) is 0 Å². The van der Waals surface area contributed by atoms with Gasteiger partial charge in [-0.05, 0) is 27.2 Å². The van der Waals surface area contributed by atoms with Crippen LogP contribution in [-0.2, 0) is 0 Å². The Morgan fingerprint density at radius 1 is 1.16 bits per heavy atom. The molecule has 0 saturated heterocycles. The number of nitrogens with zero attached hydrogens (tertiary/aromatic N) is 5. The first-order chi connectivity index (χ1) is 9.24. The van der Waals surface area contributed by atoms with Crippen LogP contribution in [0, 0.1) is 5.82 Å². The maximum absolute atomic E-state index is 13.7. The molecule has 0 aliphatic heterocycles. The van der Waals surface area contributed by atoms with Crippen molar-refractivity contribution in [1.29, 1.82) is 0 Å². The number of pyridine rings is 1. The summed E-state index contributed by atoms with van der Waals surface area (Å²) < 4.78 is 14.3. The van der Waals surface area contributed by atoms with E-state index in [1.807, 2.05) is 30.3 Å². The van der Waals surface area contributed by atoms with Crippen molar-refractivity contribution in [1.82, 2.24) is 25.2 Å². The monoisotopic (exact) mass is 319 g/mol. The molecule has 0 aliphatic rings. The maximum atomic E-state index is 13.7. The smallest absolute Gasteiger partial charge is 0.212 e. The van der Waals surface area contributed by atoms with Gasteiger partial charge in [0.25, 0.3) is 0 Å². The Labute approximate surface area is 116 Å². The number of aromatic nitrogens is 5. The van der Waals surface area contributed by atoms with Crippen LogP contribution in [0.4, 0.5) is 4.39 Å². The van der Waals surface area contributed by atoms with Gasteiger partial charge in [0.2, 0.25) is 11.6 Å². The lowest BCUT2D eigenvalue weighted by atomic mass is 10.2. The molecule has 0 spiro atoms. The maximum Gasteiger partial charge on any atom is 0.212 e. The van der Waals surface area contributed by atoms with E-state index in [1.165, 1.54) is 12.3 Å². The van der Waals surface area contributed by atoms with E-state index in [0.717, 1.165) is 10.4 Å². The fraction of sp³-hybridized carbons (Fsp3) is 0. The van der Waals surface area contributed by atoms with Gasteiger partial charge in [-0.3, -0.25) is 0 Å². The zero-order valence-electron chi connectivity index (χ0n) is 9.53. The van der Waals surface area contributed by atoms with Crippen LogP contribution < -0.4 is 0 Å². The molecule has 0 amide bonds. The number of hydrogen-bond donors (Lipinski definition) is 0. The van der Waals surface area contributed by atoms with Gasteiger partial charge in [-0.2, -0.15) is 0 Å². The van der Waals surface area contributed by atoms with Gasteiger partial charge in [-0.25, -0.2) is 9.37 Å². The van der Waals surface area contributed by atoms with Gasteiger partial charge in [-0.15, -0.1) is 15.0 Å². The van der Waals surface area contributed by atoms with Crippen molar-refractivity contribution < 1.29 is 4.39 Å². The molecular formula is C12H7BrFN5. The highest BCUT2D eigenvalue weighted by atomic mass is 79.9. The molecule has 0 N–H and O–H groups in total. The van der Waals surface area contributed by atoms with Gasteiger partial charge in [0.15, 0.2) is 5.82 Å². The summed E-state index contributed by atoms with van der Waals surface area (Å²) in [6, 6.07) is 10.6. The van der Waals surface area contributed by atoms with E-state index >= 15 is 0 Å². The van der Waals surface area contributed by atoms with Crippen molar-refractivity contribution >= 4 is 15.9 Å². The fourth-order valence-electron chi connectivity index (χ4n) is 1.56. The molecule has 3 rings (SSSR count). The Morgan fingerprint density at radius 3 is 2.68 bits per heavy atom. The molecule has 3 aromatic rings. The Kier molecular flexibility index (Phi) is 3.04. The van der Waals surface area contributed by atoms with E-state index in [4.69, 9.17) is 0 Å². The molecular weight excluding hydrogens is 313 g/mol. The van der Waals surface area contributed by atoms with Crippen LogP contribution >= 0.6 is 15.9 Å². The Bertz CT molecular complexity index is 713. The average molecular weight is 320 g/mol. The summed E-state index contributed by atoms with van der Waals surface area (Å²) in [6.45, 7) is 0. The largest absolute Gasteiger partial charge is 0.232 e. The molecule has 0 fully saturated rings. The molecule has 2 heterocycles. The normalized spacial score (nSPS) is 10.6. The van der Waals surface area contributed by atoms with Crippen LogP contribution in [0.25, 0.3) is 17.2 Å². The van der Waals surface area contributed by atoms with E-state index in [0.29, 0.717) is 10.3 Å². The highest BCUT2D eigenvalue weighted by Gasteiger charge is 2.12. The summed E-state index contributed by atoms with van der Waals surface area (Å²) in [5, 5.41) is 11.8. The van der Waals surface area contributed by atoms with Gasteiger partial charge in [0, 0.05) is 16.2 Å². The first kappa shape index (κ1) is 11.9. The van der Waals surface area contributed by atoms with Gasteiger partial charge < -0.3 is 0 Å². The Hall–Kier alpha value is -2.15. The van der Waals surface area contributed by atoms with Crippen molar-refractivity contribution in [2.75, 3.05) is 0 Å². The van der Waals surface area contributed by atoms with Crippen LogP contribution in [0.3, 0.4) is 0 Å². The van der Waals surface area contributed by atoms with Crippen molar-refractivity contribution in [3.8, 4) is 17.2 Å². The predicted octanol–water partition coefficient (Wildman–Crippen LogP) is 2.63. The van der Waals surface area contributed by atoms with Crippen molar-refractivity contribution in [2.45, 2.75) is 0 Å². The third-order valence-corrected chi connectivity index (χ3v) is 2.86. The van der Waals surface area contributed by atoms with Gasteiger partial charge in [-0.1, -0.05) is 30.3 Å². The summed E-state index contributed by atoms with van der Waals surface area (Å²) in [5.74, 6) is -0.0889. The fourth-order valence-corrected chi connectivity index (χ4v) is 1.86. The van der Waals surface area contributed by atoms with Gasteiger partial charge in [0.1, 0.15) is 0 Å². The van der Waals surface area contributed by atoms with Crippen molar-refractivity contribution in [2.24, 2.45) is 0 Å². The number of rotatable bonds is 2. The van der Waals surface area contributed by atoms with Crippen LogP contribution in [0.15, 0.2) is 47.1 Å². The molecule has 0 aliphatic carbocycles. The molecule has 7 heteroatoms. The molecule has 19 heavy (non-hydrogen) atoms. The zero-order valence-corrected chi connectivity index (χ0v) is 11.1. The number of tetrazole rings is 1. The summed E-state index contributed by atoms with van der Waals surface area (Å²) >= 11 is 3.14. The minimum absolute atomic E-state index is 0.0119. The lowest BCUT2D eigenvalue weighted by Gasteiger charge is -1.99. The van der Waals surface area contributed by atoms with Crippen LogP contribution in [-0.4, -0.2) is 25.2 Å². The molecule has 0 unspecified atom stereocenters. The average Bonchev–Trinajstić information content (AvgIpc) is 2.89. The van der Waals surface area contributed by atoms with Crippen molar-refractivity contribution in [3.05, 3.63) is 52.9 Å². The highest BCUT2D eigenvalue weighted by Crippen LogP contribution is 2.16. The SMILES string of the molecule is Fc1cc(Br)cnc1-n1nnc(-c2ccccc2)n1. The minimum Gasteiger partial charge on any atom is -0.232 e. The van der Waals surface area contributed by atoms with E-state index in [2.05, 4.69) is 36.3 Å². The molecule has 94 valence electrons. The standard InChI is InChI=1S/C12H7BrFN5/c13-9-6-10(14)12(15-7-9)19-17-11(16-18-19)8-4-2-1-3-5-8/h1-7H. The second-order valence-electron chi connectivity index (χ2n) is 3.73. The predicted molar refractivity (Wildman–Crippen MR) is 70.0 cm³/mol. The summed E-state index contributed by atoms with van der Waals surface area (Å²) in [5.41, 5.74) is 0.811. The van der Waals surface area contributed by atoms with E-state index < -0.39 is 5.82 Å². The van der Waals surface area contributed by atoms with Crippen LogP contribution in [0.1, 0.15) is 0 Å². The second-order valence-corrected chi connectivity index (χ2v) is 4.64. The number of benzene rings is 1. The first-order valence-corrected chi connectivity index (χ1v) is 6.20. The molecule has 0 radical (unpaired) electrons. The van der Waals surface area contributed by atoms with Crippen molar-refractivity contribution in [3.63, 3.8) is 0 Å². The van der Waals surface area contributed by atoms with E-state index in [9.17, 15) is 4.39 Å². The highest BCUT2D eigenvalue weighted by molar-refractivity contribution is 9.10. The van der Waals surface area contributed by atoms with Gasteiger partial charge in [0.05, 0.1) is 0 Å². The lowest BCUT2D eigenvalue weighted by molar-refractivity contribution is 0.577. The lowest BCUT2D eigenvalue weighted by Crippen LogP contribution is -2.04. The summed E-state index contributed by atoms with van der Waals surface area (Å²) in [6.07, 6.45) is 1.48. The molecule has 5 nitrogen and oxygen atoms in total. The zero-order chi connectivity index (χ0) is 13.2. The van der Waals surface area contributed by atoms with E-state index in [-0.39, 0.29) is 5.82 Å². The van der Waals surface area contributed by atoms with E-state index in [1.54, 1.807) is 0 Å². The third kappa shape index (κ3) is 2.37. The Balaban J connectivity index is 2.02. The minimum atomic E-state index is -0.522. The quantitative estimate of drug-likeness (QED) is 0.728. The summed E-state index contributed by atoms with van der Waals surface area (Å²) in [7, 11) is 0. The Morgan fingerprint density at radius 2 is 1.95 bits per heavy atom. The topological polar surface area (TPSA) is 56.5 Å². The van der Waals surface area contributed by atoms with Gasteiger partial charge >= 0.3 is 0 Å². The third-order valence-electron chi connectivity index (χ3n) is 2.42. The molecule has 2 aromatic heterocycles. The molecule has 0 saturated carbocycles. The molecule has 0 atom stereocenters.